The zero-order valence-corrected chi connectivity index (χ0v) is 15.1. The minimum absolute atomic E-state index is 0.119. The van der Waals surface area contributed by atoms with Gasteiger partial charge in [-0.1, -0.05) is 19.3 Å². The van der Waals surface area contributed by atoms with Crippen LogP contribution >= 0.6 is 0 Å². The van der Waals surface area contributed by atoms with E-state index in [0.29, 0.717) is 11.9 Å². The summed E-state index contributed by atoms with van der Waals surface area (Å²) in [6.45, 7) is 0. The van der Waals surface area contributed by atoms with Gasteiger partial charge in [-0.2, -0.15) is 5.26 Å². The zero-order chi connectivity index (χ0) is 16.7. The van der Waals surface area contributed by atoms with Gasteiger partial charge in [-0.3, -0.25) is 15.6 Å². The molecule has 5 aliphatic rings. The van der Waals surface area contributed by atoms with E-state index in [4.69, 9.17) is 10.7 Å². The Kier molecular flexibility index (Phi) is 4.33. The fraction of sp³-hybridized carbons (Fsp3) is 0.900. The molecule has 1 atom stereocenters. The van der Waals surface area contributed by atoms with Crippen LogP contribution in [0.15, 0.2) is 0 Å². The van der Waals surface area contributed by atoms with Gasteiger partial charge in [-0.05, 0) is 81.6 Å². The van der Waals surface area contributed by atoms with Crippen LogP contribution in [0.4, 0.5) is 0 Å². The molecular formula is C20H32N4. The fourth-order valence-electron chi connectivity index (χ4n) is 7.28. The summed E-state index contributed by atoms with van der Waals surface area (Å²) in [5, 5.41) is 20.5. The molecule has 0 aliphatic heterocycles. The normalized spacial score (nSPS) is 39.6. The highest BCUT2D eigenvalue weighted by atomic mass is 15.2. The smallest absolute Gasteiger partial charge is 0.182 e. The summed E-state index contributed by atoms with van der Waals surface area (Å²) in [7, 11) is 2.24. The molecule has 0 aromatic heterocycles. The maximum absolute atomic E-state index is 9.14. The summed E-state index contributed by atoms with van der Waals surface area (Å²) in [6, 6.07) is 0.714. The molecule has 24 heavy (non-hydrogen) atoms. The van der Waals surface area contributed by atoms with E-state index in [1.165, 1.54) is 70.6 Å². The van der Waals surface area contributed by atoms with Gasteiger partial charge in [-0.15, -0.1) is 0 Å². The van der Waals surface area contributed by atoms with Crippen LogP contribution in [0.2, 0.25) is 0 Å². The van der Waals surface area contributed by atoms with Crippen LogP contribution in [0.3, 0.4) is 0 Å². The van der Waals surface area contributed by atoms with E-state index in [9.17, 15) is 0 Å². The number of nitrogens with one attached hydrogen (secondary N) is 2. The second-order valence-corrected chi connectivity index (χ2v) is 9.29. The molecule has 0 aromatic rings. The van der Waals surface area contributed by atoms with Gasteiger partial charge in [-0.25, -0.2) is 0 Å². The number of rotatable bonds is 4. The minimum Gasteiger partial charge on any atom is -0.293 e. The molecule has 5 rings (SSSR count). The van der Waals surface area contributed by atoms with Crippen LogP contribution < -0.4 is 5.32 Å². The summed E-state index contributed by atoms with van der Waals surface area (Å²) in [5.41, 5.74) is 0.252. The van der Waals surface area contributed by atoms with Crippen LogP contribution in [0, 0.1) is 40.0 Å². The third-order valence-electron chi connectivity index (χ3n) is 7.69. The predicted octanol–water partition coefficient (Wildman–Crippen LogP) is 3.88. The van der Waals surface area contributed by atoms with Crippen molar-refractivity contribution in [2.24, 2.45) is 23.2 Å². The van der Waals surface area contributed by atoms with Crippen molar-refractivity contribution < 1.29 is 0 Å². The van der Waals surface area contributed by atoms with Crippen molar-refractivity contribution in [3.05, 3.63) is 0 Å². The second kappa shape index (κ2) is 6.33. The van der Waals surface area contributed by atoms with Gasteiger partial charge in [0, 0.05) is 6.04 Å². The Bertz CT molecular complexity index is 493. The summed E-state index contributed by atoms with van der Waals surface area (Å²) in [5.74, 6) is 3.11. The van der Waals surface area contributed by atoms with Crippen molar-refractivity contribution >= 4 is 5.84 Å². The van der Waals surface area contributed by atoms with Gasteiger partial charge in [0.2, 0.25) is 0 Å². The van der Waals surface area contributed by atoms with Gasteiger partial charge < -0.3 is 0 Å². The lowest BCUT2D eigenvalue weighted by Crippen LogP contribution is -2.62. The van der Waals surface area contributed by atoms with Gasteiger partial charge in [0.05, 0.1) is 6.04 Å². The lowest BCUT2D eigenvalue weighted by Gasteiger charge is -2.61. The van der Waals surface area contributed by atoms with Crippen LogP contribution in [0.1, 0.15) is 70.6 Å². The third kappa shape index (κ3) is 2.75. The van der Waals surface area contributed by atoms with Crippen molar-refractivity contribution in [3.63, 3.8) is 0 Å². The average molecular weight is 329 g/mol. The lowest BCUT2D eigenvalue weighted by molar-refractivity contribution is -0.0884. The molecule has 0 radical (unpaired) electrons. The van der Waals surface area contributed by atoms with Gasteiger partial charge >= 0.3 is 0 Å². The average Bonchev–Trinajstić information content (AvgIpc) is 2.54. The molecular weight excluding hydrogens is 296 g/mol. The summed E-state index contributed by atoms with van der Waals surface area (Å²) in [4.78, 5) is 2.51. The lowest BCUT2D eigenvalue weighted by atomic mass is 9.47. The van der Waals surface area contributed by atoms with E-state index in [2.05, 4.69) is 17.3 Å². The van der Waals surface area contributed by atoms with Crippen molar-refractivity contribution in [3.8, 4) is 6.19 Å². The molecule has 5 saturated carbocycles. The highest BCUT2D eigenvalue weighted by molar-refractivity contribution is 5.86. The second-order valence-electron chi connectivity index (χ2n) is 9.29. The Morgan fingerprint density at radius 3 is 2.12 bits per heavy atom. The van der Waals surface area contributed by atoms with Crippen LogP contribution in [0.25, 0.3) is 0 Å². The first kappa shape index (κ1) is 16.4. The standard InChI is InChI=1S/C20H32N4/c1-24(17-5-3-2-4-6-17)18(19(22)23-13-21)20-10-14-7-15(11-20)9-16(8-14)12-20/h14-18H,2-12H2,1H3,(H2,22,23). The molecule has 4 heteroatoms. The van der Waals surface area contributed by atoms with Crippen molar-refractivity contribution in [2.75, 3.05) is 7.05 Å². The minimum atomic E-state index is 0.119. The first-order valence-corrected chi connectivity index (χ1v) is 10.1. The predicted molar refractivity (Wildman–Crippen MR) is 95.5 cm³/mol. The van der Waals surface area contributed by atoms with E-state index in [1.54, 1.807) is 0 Å². The molecule has 0 spiro atoms. The molecule has 5 aliphatic carbocycles. The largest absolute Gasteiger partial charge is 0.293 e. The van der Waals surface area contributed by atoms with Gasteiger partial charge in [0.25, 0.3) is 0 Å². The van der Waals surface area contributed by atoms with E-state index < -0.39 is 0 Å². The van der Waals surface area contributed by atoms with Crippen LogP contribution in [0.5, 0.6) is 0 Å². The zero-order valence-electron chi connectivity index (χ0n) is 15.1. The number of likely N-dealkylation sites (N-methyl/N-ethyl adjacent to an activating group) is 1. The summed E-state index contributed by atoms with van der Waals surface area (Å²) in [6.07, 6.45) is 16.7. The number of amidine groups is 1. The topological polar surface area (TPSA) is 62.9 Å². The maximum Gasteiger partial charge on any atom is 0.182 e. The highest BCUT2D eigenvalue weighted by Crippen LogP contribution is 2.62. The summed E-state index contributed by atoms with van der Waals surface area (Å²) < 4.78 is 0. The SMILES string of the molecule is CN(C1CCCCC1)C(C(=N)NC#N)C12CC3CC(CC(C3)C1)C2. The van der Waals surface area contributed by atoms with Gasteiger partial charge in [0.15, 0.2) is 6.19 Å². The number of hydrogen-bond acceptors (Lipinski definition) is 3. The molecule has 4 nitrogen and oxygen atoms in total. The fourth-order valence-corrected chi connectivity index (χ4v) is 7.28. The van der Waals surface area contributed by atoms with Crippen LogP contribution in [-0.2, 0) is 0 Å². The number of nitriles is 1. The molecule has 4 bridgehead atoms. The molecule has 0 saturated heterocycles. The summed E-state index contributed by atoms with van der Waals surface area (Å²) >= 11 is 0. The highest BCUT2D eigenvalue weighted by Gasteiger charge is 2.56. The Balaban J connectivity index is 1.62. The Hall–Kier alpha value is -1.08. The van der Waals surface area contributed by atoms with Crippen molar-refractivity contribution in [1.29, 1.82) is 10.7 Å². The number of hydrogen-bond donors (Lipinski definition) is 2. The monoisotopic (exact) mass is 328 g/mol. The molecule has 132 valence electrons. The Morgan fingerprint density at radius 2 is 1.62 bits per heavy atom. The molecule has 5 fully saturated rings. The molecule has 0 amide bonds. The van der Waals surface area contributed by atoms with Gasteiger partial charge in [0.1, 0.15) is 5.84 Å². The third-order valence-corrected chi connectivity index (χ3v) is 7.69. The Labute approximate surface area is 146 Å². The maximum atomic E-state index is 9.14. The van der Waals surface area contributed by atoms with Crippen molar-refractivity contribution in [2.45, 2.75) is 82.7 Å². The molecule has 0 aromatic carbocycles. The molecule has 1 unspecified atom stereocenters. The first-order valence-electron chi connectivity index (χ1n) is 10.1. The molecule has 2 N–H and O–H groups in total. The first-order chi connectivity index (χ1) is 11.6. The Morgan fingerprint density at radius 1 is 1.08 bits per heavy atom. The molecule has 0 heterocycles. The van der Waals surface area contributed by atoms with E-state index in [0.717, 1.165) is 17.8 Å². The van der Waals surface area contributed by atoms with E-state index in [1.807, 2.05) is 6.19 Å². The van der Waals surface area contributed by atoms with E-state index in [-0.39, 0.29) is 11.5 Å². The van der Waals surface area contributed by atoms with E-state index >= 15 is 0 Å². The van der Waals surface area contributed by atoms with Crippen LogP contribution in [-0.4, -0.2) is 29.9 Å². The number of nitrogens with zero attached hydrogens (tertiary/aromatic N) is 2. The quantitative estimate of drug-likeness (QED) is 0.356. The van der Waals surface area contributed by atoms with Crippen molar-refractivity contribution in [1.82, 2.24) is 10.2 Å².